The van der Waals surface area contributed by atoms with E-state index in [4.69, 9.17) is 14.9 Å². The van der Waals surface area contributed by atoms with Crippen LogP contribution >= 0.6 is 0 Å². The number of furan rings is 1. The number of anilines is 1. The molecular weight excluding hydrogens is 204 g/mol. The summed E-state index contributed by atoms with van der Waals surface area (Å²) in [6, 6.07) is 1.91. The number of nitrogens with two attached hydrogens (primary N) is 1. The molecule has 0 atom stereocenters. The number of fused-ring (bicyclic) bond motifs is 1. The van der Waals surface area contributed by atoms with Gasteiger partial charge in [-0.2, -0.15) is 0 Å². The van der Waals surface area contributed by atoms with Crippen LogP contribution in [-0.2, 0) is 4.74 Å². The lowest BCUT2D eigenvalue weighted by atomic mass is 10.2. The molecule has 2 aromatic heterocycles. The first-order valence-electron chi connectivity index (χ1n) is 5.02. The highest BCUT2D eigenvalue weighted by molar-refractivity contribution is 5.82. The third kappa shape index (κ3) is 1.92. The molecule has 2 heterocycles. The number of ether oxygens (including phenoxy) is 1. The number of nitrogens with zero attached hydrogens (tertiary/aromatic N) is 1. The third-order valence-electron chi connectivity index (χ3n) is 2.39. The van der Waals surface area contributed by atoms with Crippen molar-refractivity contribution in [2.75, 3.05) is 19.5 Å². The molecule has 2 aromatic rings. The second-order valence-corrected chi connectivity index (χ2v) is 3.56. The molecule has 0 radical (unpaired) electrons. The SMILES string of the molecule is COC/C=C/c1cnc2c(C)c(N)oc2c1. The maximum Gasteiger partial charge on any atom is 0.196 e. The molecule has 0 aliphatic rings. The van der Waals surface area contributed by atoms with Crippen molar-refractivity contribution < 1.29 is 9.15 Å². The summed E-state index contributed by atoms with van der Waals surface area (Å²) < 4.78 is 10.3. The predicted octanol–water partition coefficient (Wildman–Crippen LogP) is 2.38. The van der Waals surface area contributed by atoms with E-state index in [9.17, 15) is 0 Å². The summed E-state index contributed by atoms with van der Waals surface area (Å²) in [6.07, 6.45) is 5.64. The first-order valence-corrected chi connectivity index (χ1v) is 5.02. The Kier molecular flexibility index (Phi) is 2.92. The van der Waals surface area contributed by atoms with E-state index in [1.54, 1.807) is 13.3 Å². The van der Waals surface area contributed by atoms with Gasteiger partial charge in [0, 0.05) is 18.9 Å². The number of pyridine rings is 1. The second-order valence-electron chi connectivity index (χ2n) is 3.56. The van der Waals surface area contributed by atoms with Crippen molar-refractivity contribution in [3.05, 3.63) is 29.5 Å². The first-order chi connectivity index (χ1) is 7.72. The standard InChI is InChI=1S/C12H14N2O2/c1-8-11-10(16-12(8)13)6-9(7-14-11)4-3-5-15-2/h3-4,6-7H,5,13H2,1-2H3/b4-3+. The van der Waals surface area contributed by atoms with E-state index < -0.39 is 0 Å². The number of aryl methyl sites for hydroxylation is 1. The molecule has 84 valence electrons. The summed E-state index contributed by atoms with van der Waals surface area (Å²) in [5.41, 5.74) is 9.08. The van der Waals surface area contributed by atoms with Gasteiger partial charge in [-0.05, 0) is 18.6 Å². The van der Waals surface area contributed by atoms with Gasteiger partial charge < -0.3 is 14.9 Å². The van der Waals surface area contributed by atoms with Crippen LogP contribution in [0.15, 0.2) is 22.8 Å². The van der Waals surface area contributed by atoms with Gasteiger partial charge in [-0.1, -0.05) is 12.2 Å². The monoisotopic (exact) mass is 218 g/mol. The predicted molar refractivity (Wildman–Crippen MR) is 64.1 cm³/mol. The Labute approximate surface area is 93.7 Å². The van der Waals surface area contributed by atoms with Crippen molar-refractivity contribution in [2.24, 2.45) is 0 Å². The molecule has 0 spiro atoms. The molecular formula is C12H14N2O2. The Morgan fingerprint density at radius 1 is 1.56 bits per heavy atom. The van der Waals surface area contributed by atoms with Gasteiger partial charge in [0.25, 0.3) is 0 Å². The van der Waals surface area contributed by atoms with Gasteiger partial charge in [0.15, 0.2) is 11.5 Å². The third-order valence-corrected chi connectivity index (χ3v) is 2.39. The molecule has 0 aliphatic carbocycles. The molecule has 0 saturated carbocycles. The lowest BCUT2D eigenvalue weighted by Gasteiger charge is -1.93. The molecule has 0 fully saturated rings. The molecule has 0 bridgehead atoms. The maximum atomic E-state index is 5.68. The minimum atomic E-state index is 0.431. The lowest BCUT2D eigenvalue weighted by molar-refractivity contribution is 0.234. The Hall–Kier alpha value is -1.81. The first kappa shape index (κ1) is 10.7. The average molecular weight is 218 g/mol. The highest BCUT2D eigenvalue weighted by Gasteiger charge is 2.08. The Morgan fingerprint density at radius 3 is 3.12 bits per heavy atom. The summed E-state index contributed by atoms with van der Waals surface area (Å²) >= 11 is 0. The van der Waals surface area contributed by atoms with E-state index in [0.717, 1.165) is 22.2 Å². The lowest BCUT2D eigenvalue weighted by Crippen LogP contribution is -1.83. The number of methoxy groups -OCH3 is 1. The van der Waals surface area contributed by atoms with E-state index in [1.807, 2.05) is 25.1 Å². The zero-order chi connectivity index (χ0) is 11.5. The topological polar surface area (TPSA) is 61.3 Å². The van der Waals surface area contributed by atoms with Crippen LogP contribution in [0.25, 0.3) is 17.2 Å². The van der Waals surface area contributed by atoms with Gasteiger partial charge in [0.1, 0.15) is 5.52 Å². The molecule has 0 aromatic carbocycles. The molecule has 4 nitrogen and oxygen atoms in total. The van der Waals surface area contributed by atoms with Gasteiger partial charge in [0.2, 0.25) is 0 Å². The van der Waals surface area contributed by atoms with Crippen molar-refractivity contribution in [3.63, 3.8) is 0 Å². The van der Waals surface area contributed by atoms with Gasteiger partial charge in [-0.15, -0.1) is 0 Å². The fourth-order valence-corrected chi connectivity index (χ4v) is 1.50. The number of rotatable bonds is 3. The molecule has 2 N–H and O–H groups in total. The average Bonchev–Trinajstić information content (AvgIpc) is 2.55. The van der Waals surface area contributed by atoms with Crippen LogP contribution in [0.5, 0.6) is 0 Å². The van der Waals surface area contributed by atoms with Crippen molar-refractivity contribution in [1.29, 1.82) is 0 Å². The van der Waals surface area contributed by atoms with Gasteiger partial charge >= 0.3 is 0 Å². The van der Waals surface area contributed by atoms with Crippen LogP contribution in [0, 0.1) is 6.92 Å². The Balaban J connectivity index is 2.37. The molecule has 4 heteroatoms. The van der Waals surface area contributed by atoms with Crippen molar-refractivity contribution in [2.45, 2.75) is 6.92 Å². The van der Waals surface area contributed by atoms with Crippen molar-refractivity contribution in [1.82, 2.24) is 4.98 Å². The van der Waals surface area contributed by atoms with E-state index in [1.165, 1.54) is 0 Å². The Bertz CT molecular complexity index is 529. The summed E-state index contributed by atoms with van der Waals surface area (Å²) in [5.74, 6) is 0.431. The number of hydrogen-bond donors (Lipinski definition) is 1. The highest BCUT2D eigenvalue weighted by atomic mass is 16.5. The molecule has 0 saturated heterocycles. The summed E-state index contributed by atoms with van der Waals surface area (Å²) in [6.45, 7) is 2.48. The largest absolute Gasteiger partial charge is 0.439 e. The summed E-state index contributed by atoms with van der Waals surface area (Å²) in [4.78, 5) is 4.31. The van der Waals surface area contributed by atoms with Crippen LogP contribution in [-0.4, -0.2) is 18.7 Å². The van der Waals surface area contributed by atoms with Crippen LogP contribution in [0.3, 0.4) is 0 Å². The zero-order valence-electron chi connectivity index (χ0n) is 9.36. The van der Waals surface area contributed by atoms with E-state index in [0.29, 0.717) is 12.5 Å². The second kappa shape index (κ2) is 4.37. The van der Waals surface area contributed by atoms with Crippen molar-refractivity contribution in [3.8, 4) is 0 Å². The zero-order valence-corrected chi connectivity index (χ0v) is 9.36. The van der Waals surface area contributed by atoms with Crippen LogP contribution < -0.4 is 5.73 Å². The van der Waals surface area contributed by atoms with Crippen LogP contribution in [0.2, 0.25) is 0 Å². The number of nitrogen functional groups attached to an aromatic ring is 1. The van der Waals surface area contributed by atoms with Gasteiger partial charge in [-0.3, -0.25) is 4.98 Å². The number of aromatic nitrogens is 1. The fourth-order valence-electron chi connectivity index (χ4n) is 1.50. The van der Waals surface area contributed by atoms with E-state index >= 15 is 0 Å². The smallest absolute Gasteiger partial charge is 0.196 e. The minimum absolute atomic E-state index is 0.431. The summed E-state index contributed by atoms with van der Waals surface area (Å²) in [7, 11) is 1.66. The van der Waals surface area contributed by atoms with Crippen LogP contribution in [0.1, 0.15) is 11.1 Å². The van der Waals surface area contributed by atoms with E-state index in [-0.39, 0.29) is 0 Å². The molecule has 0 unspecified atom stereocenters. The van der Waals surface area contributed by atoms with E-state index in [2.05, 4.69) is 4.98 Å². The molecule has 0 amide bonds. The fraction of sp³-hybridized carbons (Fsp3) is 0.250. The van der Waals surface area contributed by atoms with Crippen LogP contribution in [0.4, 0.5) is 5.88 Å². The highest BCUT2D eigenvalue weighted by Crippen LogP contribution is 2.25. The maximum absolute atomic E-state index is 5.68. The number of hydrogen-bond acceptors (Lipinski definition) is 4. The van der Waals surface area contributed by atoms with Gasteiger partial charge in [0.05, 0.1) is 6.61 Å². The molecule has 16 heavy (non-hydrogen) atoms. The minimum Gasteiger partial charge on any atom is -0.439 e. The summed E-state index contributed by atoms with van der Waals surface area (Å²) in [5, 5.41) is 0. The quantitative estimate of drug-likeness (QED) is 0.859. The molecule has 0 aliphatic heterocycles. The normalized spacial score (nSPS) is 11.6. The van der Waals surface area contributed by atoms with Crippen molar-refractivity contribution >= 4 is 23.1 Å². The Morgan fingerprint density at radius 2 is 2.38 bits per heavy atom. The molecule has 2 rings (SSSR count). The van der Waals surface area contributed by atoms with Gasteiger partial charge in [-0.25, -0.2) is 0 Å².